The van der Waals surface area contributed by atoms with Crippen molar-refractivity contribution in [1.29, 1.82) is 0 Å². The molecule has 0 aromatic rings. The predicted octanol–water partition coefficient (Wildman–Crippen LogP) is 1.19. The molecule has 1 unspecified atom stereocenters. The topological polar surface area (TPSA) is 60.2 Å². The van der Waals surface area contributed by atoms with Gasteiger partial charge in [0, 0.05) is 0 Å². The Morgan fingerprint density at radius 2 is 1.85 bits per heavy atom. The first kappa shape index (κ1) is 10.9. The van der Waals surface area contributed by atoms with Gasteiger partial charge in [-0.1, -0.05) is 19.3 Å². The lowest BCUT2D eigenvalue weighted by Gasteiger charge is -2.24. The zero-order valence-corrected chi connectivity index (χ0v) is 8.39. The van der Waals surface area contributed by atoms with Crippen molar-refractivity contribution in [2.75, 3.05) is 5.75 Å². The van der Waals surface area contributed by atoms with Crippen molar-refractivity contribution in [2.24, 2.45) is 11.1 Å². The zero-order valence-electron chi connectivity index (χ0n) is 7.58. The summed E-state index contributed by atoms with van der Waals surface area (Å²) in [5, 5.41) is 4.78. The Labute approximate surface area is 78.6 Å². The minimum absolute atomic E-state index is 0.0907. The quantitative estimate of drug-likeness (QED) is 0.759. The first-order valence-corrected chi connectivity index (χ1v) is 6.35. The van der Waals surface area contributed by atoms with Gasteiger partial charge in [0.25, 0.3) is 0 Å². The molecule has 5 heteroatoms. The van der Waals surface area contributed by atoms with Crippen LogP contribution >= 0.6 is 0 Å². The number of alkyl halides is 1. The Balaban J connectivity index is 2.42. The van der Waals surface area contributed by atoms with E-state index in [1.807, 2.05) is 0 Å². The van der Waals surface area contributed by atoms with Gasteiger partial charge < -0.3 is 0 Å². The van der Waals surface area contributed by atoms with Crippen LogP contribution in [0, 0.1) is 5.92 Å². The van der Waals surface area contributed by atoms with Gasteiger partial charge in [-0.2, -0.15) is 0 Å². The second-order valence-electron chi connectivity index (χ2n) is 3.74. The standard InChI is InChI=1S/C8H16FNO2S/c9-8(6-13(10,11)12)7-4-2-1-3-5-7/h7-8H,1-6H2,(H2,10,11,12). The summed E-state index contributed by atoms with van der Waals surface area (Å²) in [5.41, 5.74) is 0. The van der Waals surface area contributed by atoms with Crippen LogP contribution < -0.4 is 5.14 Å². The van der Waals surface area contributed by atoms with Crippen molar-refractivity contribution in [2.45, 2.75) is 38.3 Å². The maximum Gasteiger partial charge on any atom is 0.211 e. The molecule has 2 N–H and O–H groups in total. The molecule has 0 heterocycles. The highest BCUT2D eigenvalue weighted by Gasteiger charge is 2.26. The first-order valence-electron chi connectivity index (χ1n) is 4.63. The highest BCUT2D eigenvalue weighted by molar-refractivity contribution is 7.89. The lowest BCUT2D eigenvalue weighted by Crippen LogP contribution is -2.30. The lowest BCUT2D eigenvalue weighted by atomic mass is 9.86. The van der Waals surface area contributed by atoms with Gasteiger partial charge in [-0.25, -0.2) is 17.9 Å². The molecule has 0 aromatic carbocycles. The molecule has 1 atom stereocenters. The van der Waals surface area contributed by atoms with Crippen LogP contribution in [0.15, 0.2) is 0 Å². The van der Waals surface area contributed by atoms with Crippen LogP contribution in [0.3, 0.4) is 0 Å². The molecular formula is C8H16FNO2S. The zero-order chi connectivity index (χ0) is 9.90. The Kier molecular flexibility index (Phi) is 3.67. The fourth-order valence-corrected chi connectivity index (χ4v) is 2.57. The van der Waals surface area contributed by atoms with Crippen molar-refractivity contribution in [3.8, 4) is 0 Å². The number of rotatable bonds is 3. The molecule has 78 valence electrons. The third kappa shape index (κ3) is 4.04. The van der Waals surface area contributed by atoms with Crippen molar-refractivity contribution in [3.63, 3.8) is 0 Å². The van der Waals surface area contributed by atoms with Gasteiger partial charge in [-0.05, 0) is 18.8 Å². The molecule has 13 heavy (non-hydrogen) atoms. The molecular weight excluding hydrogens is 193 g/mol. The molecule has 1 rings (SSSR count). The maximum absolute atomic E-state index is 13.3. The van der Waals surface area contributed by atoms with Crippen LogP contribution in [0.5, 0.6) is 0 Å². The summed E-state index contributed by atoms with van der Waals surface area (Å²) >= 11 is 0. The molecule has 1 aliphatic carbocycles. The molecule has 1 fully saturated rings. The lowest BCUT2D eigenvalue weighted by molar-refractivity contribution is 0.199. The Morgan fingerprint density at radius 3 is 2.31 bits per heavy atom. The van der Waals surface area contributed by atoms with Gasteiger partial charge in [-0.3, -0.25) is 0 Å². The average molecular weight is 209 g/mol. The van der Waals surface area contributed by atoms with E-state index in [9.17, 15) is 12.8 Å². The van der Waals surface area contributed by atoms with Crippen molar-refractivity contribution >= 4 is 10.0 Å². The van der Waals surface area contributed by atoms with E-state index in [0.717, 1.165) is 32.1 Å². The third-order valence-corrected chi connectivity index (χ3v) is 3.34. The van der Waals surface area contributed by atoms with Crippen LogP contribution in [-0.4, -0.2) is 20.3 Å². The van der Waals surface area contributed by atoms with Gasteiger partial charge in [0.05, 0.1) is 5.75 Å². The summed E-state index contributed by atoms with van der Waals surface area (Å²) in [4.78, 5) is 0. The summed E-state index contributed by atoms with van der Waals surface area (Å²) < 4.78 is 34.6. The second kappa shape index (κ2) is 4.37. The fraction of sp³-hybridized carbons (Fsp3) is 1.00. The predicted molar refractivity (Wildman–Crippen MR) is 49.4 cm³/mol. The minimum Gasteiger partial charge on any atom is -0.246 e. The van der Waals surface area contributed by atoms with E-state index in [2.05, 4.69) is 0 Å². The van der Waals surface area contributed by atoms with Crippen LogP contribution in [0.2, 0.25) is 0 Å². The summed E-state index contributed by atoms with van der Waals surface area (Å²) in [7, 11) is -3.65. The van der Waals surface area contributed by atoms with Gasteiger partial charge in [0.1, 0.15) is 6.17 Å². The molecule has 1 aliphatic rings. The van der Waals surface area contributed by atoms with Gasteiger partial charge in [-0.15, -0.1) is 0 Å². The largest absolute Gasteiger partial charge is 0.246 e. The number of hydrogen-bond donors (Lipinski definition) is 1. The summed E-state index contributed by atoms with van der Waals surface area (Å²) in [5.74, 6) is -0.607. The average Bonchev–Trinajstić information content (AvgIpc) is 2.03. The van der Waals surface area contributed by atoms with Crippen molar-refractivity contribution in [3.05, 3.63) is 0 Å². The Morgan fingerprint density at radius 1 is 1.31 bits per heavy atom. The smallest absolute Gasteiger partial charge is 0.211 e. The van der Waals surface area contributed by atoms with E-state index < -0.39 is 21.9 Å². The van der Waals surface area contributed by atoms with E-state index in [1.165, 1.54) is 0 Å². The normalized spacial score (nSPS) is 22.9. The SMILES string of the molecule is NS(=O)(=O)CC(F)C1CCCCC1. The van der Waals surface area contributed by atoms with Gasteiger partial charge >= 0.3 is 0 Å². The van der Waals surface area contributed by atoms with E-state index >= 15 is 0 Å². The van der Waals surface area contributed by atoms with E-state index in [-0.39, 0.29) is 5.92 Å². The van der Waals surface area contributed by atoms with Crippen LogP contribution in [0.25, 0.3) is 0 Å². The monoisotopic (exact) mass is 209 g/mol. The molecule has 3 nitrogen and oxygen atoms in total. The van der Waals surface area contributed by atoms with E-state index in [1.54, 1.807) is 0 Å². The summed E-state index contributed by atoms with van der Waals surface area (Å²) in [6.45, 7) is 0. The maximum atomic E-state index is 13.3. The summed E-state index contributed by atoms with van der Waals surface area (Å²) in [6, 6.07) is 0. The van der Waals surface area contributed by atoms with Crippen LogP contribution in [-0.2, 0) is 10.0 Å². The van der Waals surface area contributed by atoms with Crippen LogP contribution in [0.4, 0.5) is 4.39 Å². The summed E-state index contributed by atoms with van der Waals surface area (Å²) in [6.07, 6.45) is 3.49. The number of hydrogen-bond acceptors (Lipinski definition) is 2. The molecule has 1 saturated carbocycles. The Hall–Kier alpha value is -0.160. The van der Waals surface area contributed by atoms with Gasteiger partial charge in [0.15, 0.2) is 0 Å². The van der Waals surface area contributed by atoms with Crippen LogP contribution in [0.1, 0.15) is 32.1 Å². The third-order valence-electron chi connectivity index (χ3n) is 2.55. The molecule has 0 spiro atoms. The number of sulfonamides is 1. The fourth-order valence-electron chi connectivity index (χ4n) is 1.85. The molecule has 0 aromatic heterocycles. The highest BCUT2D eigenvalue weighted by atomic mass is 32.2. The minimum atomic E-state index is -3.65. The molecule has 0 radical (unpaired) electrons. The van der Waals surface area contributed by atoms with E-state index in [0.29, 0.717) is 0 Å². The molecule has 0 saturated heterocycles. The number of nitrogens with two attached hydrogens (primary N) is 1. The second-order valence-corrected chi connectivity index (χ2v) is 5.40. The number of primary sulfonamides is 1. The Bertz CT molecular complexity index is 247. The highest BCUT2D eigenvalue weighted by Crippen LogP contribution is 2.28. The van der Waals surface area contributed by atoms with Crippen molar-refractivity contribution in [1.82, 2.24) is 0 Å². The molecule has 0 amide bonds. The van der Waals surface area contributed by atoms with E-state index in [4.69, 9.17) is 5.14 Å². The number of halogens is 1. The van der Waals surface area contributed by atoms with Gasteiger partial charge in [0.2, 0.25) is 10.0 Å². The molecule has 0 bridgehead atoms. The molecule has 0 aliphatic heterocycles. The first-order chi connectivity index (χ1) is 5.99. The van der Waals surface area contributed by atoms with Crippen molar-refractivity contribution < 1.29 is 12.8 Å².